The zero-order valence-corrected chi connectivity index (χ0v) is 51.1. The summed E-state index contributed by atoms with van der Waals surface area (Å²) in [6.07, 6.45) is 0. The molecule has 0 radical (unpaired) electrons. The molecule has 89 heavy (non-hydrogen) atoms. The molecule has 0 aliphatic carbocycles. The van der Waals surface area contributed by atoms with E-state index in [1.54, 1.807) is 0 Å². The largest absolute Gasteiger partial charge is 0.311 e. The Morgan fingerprint density at radius 3 is 1.38 bits per heavy atom. The molecule has 3 heterocycles. The van der Waals surface area contributed by atoms with E-state index in [9.17, 15) is 0 Å². The van der Waals surface area contributed by atoms with Gasteiger partial charge in [0.15, 0.2) is 0 Å². The molecule has 422 valence electrons. The summed E-state index contributed by atoms with van der Waals surface area (Å²) >= 11 is 0. The Bertz CT molecular complexity index is 5300. The van der Waals surface area contributed by atoms with Crippen LogP contribution in [0.25, 0.3) is 127 Å². The first-order valence-electron chi connectivity index (χ1n) is 31.5. The standard InChI is InChI=1S/C86H65BN2/c1-85(2,3)61-40-43-63(44-41-61)88-77-46-42-62(86(4,5)6)52-74(77)87-75-53-72-68-37-22-21-35-66(68)67-36-23-24-38-69(67)81(72)82-73-47-58(65-34-20-19-33-64(65)55-27-13-8-14-28-55)39-45-76(73)89(84(75)82)79-51-60(50-78(88)83(79)87)80-70(56-29-15-9-16-30-56)48-59(54-25-11-7-12-26-54)49-71(80)57-31-17-10-18-32-57/h7-53H,1-6H3. The van der Waals surface area contributed by atoms with E-state index in [1.165, 1.54) is 160 Å². The Labute approximate surface area is 521 Å². The molecule has 1 aromatic heterocycles. The molecule has 0 unspecified atom stereocenters. The SMILES string of the molecule is CC(C)(C)c1ccc(N2c3ccc(C(C)(C)C)cc3B3c4c2cc(-c2c(-c5ccccc5)cc(-c5ccccc5)cc2-c2ccccc2)cc4-n2c4ccc(-c5ccccc5-c5ccccc5)cc4c4c5c6ccccc6c6ccccc6c5cc3c42)cc1. The predicted molar refractivity (Wildman–Crippen MR) is 383 cm³/mol. The third kappa shape index (κ3) is 8.32. The molecule has 0 saturated heterocycles. The van der Waals surface area contributed by atoms with E-state index in [0.29, 0.717) is 0 Å². The maximum atomic E-state index is 2.71. The smallest absolute Gasteiger partial charge is 0.252 e. The van der Waals surface area contributed by atoms with Crippen molar-refractivity contribution in [3.63, 3.8) is 0 Å². The van der Waals surface area contributed by atoms with Crippen molar-refractivity contribution in [3.8, 4) is 72.4 Å². The minimum absolute atomic E-state index is 0.0238. The molecule has 2 nitrogen and oxygen atoms in total. The second-order valence-electron chi connectivity index (χ2n) is 26.7. The third-order valence-corrected chi connectivity index (χ3v) is 19.4. The van der Waals surface area contributed by atoms with Gasteiger partial charge in [-0.3, -0.25) is 0 Å². The van der Waals surface area contributed by atoms with Gasteiger partial charge in [0.05, 0.1) is 11.0 Å². The first-order chi connectivity index (χ1) is 43.4. The molecule has 3 heteroatoms. The van der Waals surface area contributed by atoms with E-state index in [4.69, 9.17) is 0 Å². The van der Waals surface area contributed by atoms with Crippen molar-refractivity contribution < 1.29 is 0 Å². The molecule has 0 saturated carbocycles. The number of nitrogens with zero attached hydrogens (tertiary/aromatic N) is 2. The highest BCUT2D eigenvalue weighted by Crippen LogP contribution is 2.51. The quantitative estimate of drug-likeness (QED) is 0.114. The first kappa shape index (κ1) is 52.8. The molecule has 14 aromatic carbocycles. The molecule has 0 N–H and O–H groups in total. The van der Waals surface area contributed by atoms with Crippen molar-refractivity contribution in [2.45, 2.75) is 52.4 Å². The zero-order chi connectivity index (χ0) is 59.9. The molecule has 0 bridgehead atoms. The normalized spacial score (nSPS) is 12.8. The number of anilines is 3. The van der Waals surface area contributed by atoms with E-state index in [0.717, 1.165) is 11.3 Å². The molecule has 0 atom stereocenters. The molecule has 0 fully saturated rings. The fourth-order valence-electron chi connectivity index (χ4n) is 15.2. The summed E-state index contributed by atoms with van der Waals surface area (Å²) in [5, 5.41) is 10.2. The minimum atomic E-state index is -0.133. The number of hydrogen-bond donors (Lipinski definition) is 0. The Morgan fingerprint density at radius 2 is 0.787 bits per heavy atom. The van der Waals surface area contributed by atoms with Crippen LogP contribution in [0.15, 0.2) is 285 Å². The average Bonchev–Trinajstić information content (AvgIpc) is 1.62. The van der Waals surface area contributed by atoms with E-state index in [-0.39, 0.29) is 17.5 Å². The van der Waals surface area contributed by atoms with Crippen LogP contribution in [-0.2, 0) is 10.8 Å². The molecular weight excluding hydrogens is 1070 g/mol. The second-order valence-corrected chi connectivity index (χ2v) is 26.7. The summed E-state index contributed by atoms with van der Waals surface area (Å²) in [6.45, 7) is 13.9. The fourth-order valence-corrected chi connectivity index (χ4v) is 15.2. The summed E-state index contributed by atoms with van der Waals surface area (Å²) in [7, 11) is 0. The number of aromatic nitrogens is 1. The lowest BCUT2D eigenvalue weighted by Gasteiger charge is -2.41. The average molecular weight is 1140 g/mol. The van der Waals surface area contributed by atoms with Gasteiger partial charge in [0, 0.05) is 38.9 Å². The van der Waals surface area contributed by atoms with E-state index < -0.39 is 0 Å². The minimum Gasteiger partial charge on any atom is -0.311 e. The molecular formula is C86H65BN2. The summed E-state index contributed by atoms with van der Waals surface area (Å²) in [5.74, 6) is 0. The van der Waals surface area contributed by atoms with Crippen LogP contribution in [0.2, 0.25) is 0 Å². The lowest BCUT2D eigenvalue weighted by atomic mass is 9.33. The Morgan fingerprint density at radius 1 is 0.292 bits per heavy atom. The molecule has 0 amide bonds. The highest BCUT2D eigenvalue weighted by atomic mass is 15.2. The number of rotatable bonds is 7. The zero-order valence-electron chi connectivity index (χ0n) is 51.1. The van der Waals surface area contributed by atoms with Gasteiger partial charge in [-0.15, -0.1) is 0 Å². The molecule has 0 spiro atoms. The van der Waals surface area contributed by atoms with Crippen LogP contribution < -0.4 is 21.3 Å². The maximum absolute atomic E-state index is 2.71. The van der Waals surface area contributed by atoms with Crippen molar-refractivity contribution in [2.24, 2.45) is 0 Å². The Kier molecular flexibility index (Phi) is 11.9. The van der Waals surface area contributed by atoms with Crippen LogP contribution >= 0.6 is 0 Å². The van der Waals surface area contributed by atoms with Crippen LogP contribution in [0.1, 0.15) is 52.7 Å². The highest BCUT2D eigenvalue weighted by molar-refractivity contribution is 7.00. The van der Waals surface area contributed by atoms with Gasteiger partial charge in [-0.25, -0.2) is 0 Å². The highest BCUT2D eigenvalue weighted by Gasteiger charge is 2.44. The van der Waals surface area contributed by atoms with Crippen LogP contribution in [-0.4, -0.2) is 11.3 Å². The summed E-state index contributed by atoms with van der Waals surface area (Å²) in [5.41, 5.74) is 27.9. The Hall–Kier alpha value is -10.5. The Balaban J connectivity index is 1.08. The molecule has 15 aromatic rings. The van der Waals surface area contributed by atoms with Crippen molar-refractivity contribution in [3.05, 3.63) is 296 Å². The fraction of sp³-hybridized carbons (Fsp3) is 0.0930. The van der Waals surface area contributed by atoms with E-state index >= 15 is 0 Å². The van der Waals surface area contributed by atoms with Crippen molar-refractivity contribution in [2.75, 3.05) is 4.90 Å². The van der Waals surface area contributed by atoms with E-state index in [2.05, 4.69) is 336 Å². The van der Waals surface area contributed by atoms with Crippen LogP contribution in [0.5, 0.6) is 0 Å². The number of hydrogen-bond acceptors (Lipinski definition) is 1. The van der Waals surface area contributed by atoms with Gasteiger partial charge in [-0.05, 0) is 187 Å². The van der Waals surface area contributed by atoms with Gasteiger partial charge in [0.2, 0.25) is 0 Å². The summed E-state index contributed by atoms with van der Waals surface area (Å²) < 4.78 is 2.71. The van der Waals surface area contributed by atoms with Gasteiger partial charge in [-0.2, -0.15) is 0 Å². The predicted octanol–water partition coefficient (Wildman–Crippen LogP) is 21.5. The maximum Gasteiger partial charge on any atom is 0.252 e. The van der Waals surface area contributed by atoms with Gasteiger partial charge >= 0.3 is 0 Å². The third-order valence-electron chi connectivity index (χ3n) is 19.4. The summed E-state index contributed by atoms with van der Waals surface area (Å²) in [6, 6.07) is 108. The van der Waals surface area contributed by atoms with Crippen LogP contribution in [0.3, 0.4) is 0 Å². The molecule has 2 aliphatic rings. The monoisotopic (exact) mass is 1140 g/mol. The first-order valence-corrected chi connectivity index (χ1v) is 31.5. The van der Waals surface area contributed by atoms with Gasteiger partial charge in [0.25, 0.3) is 6.71 Å². The second kappa shape index (κ2) is 20.0. The number of benzene rings is 14. The lowest BCUT2D eigenvalue weighted by molar-refractivity contribution is 0.590. The van der Waals surface area contributed by atoms with Crippen molar-refractivity contribution in [1.82, 2.24) is 4.57 Å². The molecule has 17 rings (SSSR count). The van der Waals surface area contributed by atoms with Gasteiger partial charge in [0.1, 0.15) is 0 Å². The summed E-state index contributed by atoms with van der Waals surface area (Å²) in [4.78, 5) is 2.62. The number of fused-ring (bicyclic) bond motifs is 14. The van der Waals surface area contributed by atoms with Crippen LogP contribution in [0.4, 0.5) is 17.1 Å². The van der Waals surface area contributed by atoms with Crippen molar-refractivity contribution in [1.29, 1.82) is 0 Å². The van der Waals surface area contributed by atoms with Gasteiger partial charge in [-0.1, -0.05) is 272 Å². The lowest BCUT2D eigenvalue weighted by Crippen LogP contribution is -2.60. The molecule has 2 aliphatic heterocycles. The topological polar surface area (TPSA) is 8.17 Å². The van der Waals surface area contributed by atoms with E-state index in [1.807, 2.05) is 0 Å². The van der Waals surface area contributed by atoms with Crippen molar-refractivity contribution >= 4 is 94.3 Å². The van der Waals surface area contributed by atoms with Crippen LogP contribution in [0, 0.1) is 0 Å². The van der Waals surface area contributed by atoms with Gasteiger partial charge < -0.3 is 9.47 Å².